The molecule has 2 amide bonds. The van der Waals surface area contributed by atoms with Crippen LogP contribution in [0.2, 0.25) is 0 Å². The number of urea groups is 1. The highest BCUT2D eigenvalue weighted by molar-refractivity contribution is 5.74. The summed E-state index contributed by atoms with van der Waals surface area (Å²) in [6.07, 6.45) is 4.54. The first kappa shape index (κ1) is 18.2. The fourth-order valence-electron chi connectivity index (χ4n) is 3.26. The largest absolute Gasteiger partial charge is 0.396 e. The highest BCUT2D eigenvalue weighted by Crippen LogP contribution is 2.25. The molecule has 7 nitrogen and oxygen atoms in total. The molecule has 0 heterocycles. The second-order valence-electron chi connectivity index (χ2n) is 6.26. The molecule has 0 aromatic heterocycles. The van der Waals surface area contributed by atoms with Crippen LogP contribution >= 0.6 is 0 Å². The molecule has 24 heavy (non-hydrogen) atoms. The molecule has 1 aromatic carbocycles. The summed E-state index contributed by atoms with van der Waals surface area (Å²) in [4.78, 5) is 22.8. The van der Waals surface area contributed by atoms with E-state index in [1.165, 1.54) is 12.1 Å². The van der Waals surface area contributed by atoms with Gasteiger partial charge < -0.3 is 15.7 Å². The van der Waals surface area contributed by atoms with Crippen molar-refractivity contribution in [3.8, 4) is 0 Å². The van der Waals surface area contributed by atoms with Crippen LogP contribution in [0.4, 0.5) is 10.5 Å². The molecule has 3 unspecified atom stereocenters. The van der Waals surface area contributed by atoms with Crippen molar-refractivity contribution >= 4 is 11.7 Å². The van der Waals surface area contributed by atoms with E-state index in [0.717, 1.165) is 25.7 Å². The highest BCUT2D eigenvalue weighted by Gasteiger charge is 2.26. The Hall–Kier alpha value is -2.15. The molecule has 7 heteroatoms. The third kappa shape index (κ3) is 4.67. The van der Waals surface area contributed by atoms with E-state index in [4.69, 9.17) is 0 Å². The summed E-state index contributed by atoms with van der Waals surface area (Å²) in [5, 5.41) is 26.2. The lowest BCUT2D eigenvalue weighted by Crippen LogP contribution is -2.48. The molecule has 0 aliphatic heterocycles. The van der Waals surface area contributed by atoms with Crippen LogP contribution in [-0.4, -0.2) is 28.7 Å². The van der Waals surface area contributed by atoms with Gasteiger partial charge in [0.25, 0.3) is 5.69 Å². The number of nitrogens with zero attached hydrogens (tertiary/aromatic N) is 1. The molecule has 1 aliphatic carbocycles. The molecular formula is C17H25N3O4. The maximum absolute atomic E-state index is 12.3. The van der Waals surface area contributed by atoms with Crippen molar-refractivity contribution in [1.29, 1.82) is 0 Å². The fraction of sp³-hybridized carbons (Fsp3) is 0.588. The van der Waals surface area contributed by atoms with E-state index in [2.05, 4.69) is 10.6 Å². The maximum atomic E-state index is 12.3. The van der Waals surface area contributed by atoms with Gasteiger partial charge in [-0.15, -0.1) is 0 Å². The molecule has 3 N–H and O–H groups in total. The third-order valence-electron chi connectivity index (χ3n) is 4.66. The van der Waals surface area contributed by atoms with E-state index in [-0.39, 0.29) is 36.3 Å². The summed E-state index contributed by atoms with van der Waals surface area (Å²) in [5.41, 5.74) is 0.727. The van der Waals surface area contributed by atoms with E-state index < -0.39 is 4.92 Å². The van der Waals surface area contributed by atoms with Crippen molar-refractivity contribution in [2.45, 2.75) is 51.1 Å². The van der Waals surface area contributed by atoms with Gasteiger partial charge in [0.05, 0.1) is 11.0 Å². The van der Waals surface area contributed by atoms with Crippen LogP contribution in [-0.2, 0) is 0 Å². The Morgan fingerprint density at radius 1 is 1.42 bits per heavy atom. The number of hydrogen-bond donors (Lipinski definition) is 3. The fourth-order valence-corrected chi connectivity index (χ4v) is 3.26. The second kappa shape index (κ2) is 8.63. The quantitative estimate of drug-likeness (QED) is 0.549. The highest BCUT2D eigenvalue weighted by atomic mass is 16.6. The van der Waals surface area contributed by atoms with Gasteiger partial charge in [0.1, 0.15) is 0 Å². The van der Waals surface area contributed by atoms with Gasteiger partial charge in [-0.25, -0.2) is 4.79 Å². The van der Waals surface area contributed by atoms with Crippen LogP contribution in [0, 0.1) is 16.0 Å². The summed E-state index contributed by atoms with van der Waals surface area (Å²) < 4.78 is 0. The van der Waals surface area contributed by atoms with Crippen molar-refractivity contribution in [3.05, 3.63) is 39.9 Å². The number of carbonyl (C=O) groups is 1. The summed E-state index contributed by atoms with van der Waals surface area (Å²) in [7, 11) is 0. The van der Waals surface area contributed by atoms with Crippen LogP contribution in [0.3, 0.4) is 0 Å². The summed E-state index contributed by atoms with van der Waals surface area (Å²) in [5.74, 6) is 0.0994. The Bertz CT molecular complexity index is 579. The Balaban J connectivity index is 2.00. The van der Waals surface area contributed by atoms with Crippen LogP contribution in [0.5, 0.6) is 0 Å². The molecule has 132 valence electrons. The number of nitro groups is 1. The number of non-ortho nitro benzene ring substituents is 1. The zero-order chi connectivity index (χ0) is 17.5. The first-order chi connectivity index (χ1) is 11.5. The average Bonchev–Trinajstić information content (AvgIpc) is 2.60. The van der Waals surface area contributed by atoms with Gasteiger partial charge in [0.2, 0.25) is 0 Å². The minimum Gasteiger partial charge on any atom is -0.396 e. The number of hydrogen-bond acceptors (Lipinski definition) is 4. The normalized spacial score (nSPS) is 21.8. The number of benzene rings is 1. The monoisotopic (exact) mass is 335 g/mol. The van der Waals surface area contributed by atoms with Crippen molar-refractivity contribution in [3.63, 3.8) is 0 Å². The van der Waals surface area contributed by atoms with Crippen LogP contribution in [0.15, 0.2) is 24.3 Å². The second-order valence-corrected chi connectivity index (χ2v) is 6.26. The number of rotatable bonds is 6. The molecule has 3 atom stereocenters. The lowest BCUT2D eigenvalue weighted by atomic mass is 9.85. The van der Waals surface area contributed by atoms with Gasteiger partial charge >= 0.3 is 6.03 Å². The van der Waals surface area contributed by atoms with Gasteiger partial charge in [-0.1, -0.05) is 31.9 Å². The Morgan fingerprint density at radius 2 is 2.17 bits per heavy atom. The summed E-state index contributed by atoms with van der Waals surface area (Å²) >= 11 is 0. The molecule has 1 saturated carbocycles. The van der Waals surface area contributed by atoms with Gasteiger partial charge in [-0.3, -0.25) is 10.1 Å². The third-order valence-corrected chi connectivity index (χ3v) is 4.66. The van der Waals surface area contributed by atoms with Crippen molar-refractivity contribution in [2.75, 3.05) is 6.61 Å². The molecule has 0 radical (unpaired) electrons. The predicted molar refractivity (Wildman–Crippen MR) is 90.6 cm³/mol. The first-order valence-corrected chi connectivity index (χ1v) is 8.47. The zero-order valence-corrected chi connectivity index (χ0v) is 13.9. The number of aliphatic hydroxyl groups excluding tert-OH is 1. The average molecular weight is 335 g/mol. The lowest BCUT2D eigenvalue weighted by molar-refractivity contribution is -0.384. The minimum atomic E-state index is -0.440. The molecule has 2 rings (SSSR count). The van der Waals surface area contributed by atoms with E-state index >= 15 is 0 Å². The van der Waals surface area contributed by atoms with Gasteiger partial charge in [-0.05, 0) is 24.8 Å². The predicted octanol–water partition coefficient (Wildman–Crippen LogP) is 2.90. The van der Waals surface area contributed by atoms with Crippen molar-refractivity contribution < 1.29 is 14.8 Å². The maximum Gasteiger partial charge on any atom is 0.315 e. The topological polar surface area (TPSA) is 104 Å². The van der Waals surface area contributed by atoms with E-state index in [0.29, 0.717) is 12.0 Å². The Labute approximate surface area is 141 Å². The standard InChI is InChI=1S/C17H25N3O4/c1-2-15(12-7-5-8-14(10-12)20(23)24)18-17(22)19-16-9-4-3-6-13(16)11-21/h5,7-8,10,13,15-16,21H,2-4,6,9,11H2,1H3,(H2,18,19,22). The smallest absolute Gasteiger partial charge is 0.315 e. The van der Waals surface area contributed by atoms with Crippen LogP contribution < -0.4 is 10.6 Å². The molecule has 1 aromatic rings. The Morgan fingerprint density at radius 3 is 2.83 bits per heavy atom. The molecule has 1 fully saturated rings. The minimum absolute atomic E-state index is 0.0146. The van der Waals surface area contributed by atoms with Crippen LogP contribution in [0.1, 0.15) is 50.6 Å². The summed E-state index contributed by atoms with van der Waals surface area (Å²) in [6.45, 7) is 1.99. The molecule has 0 saturated heterocycles. The van der Waals surface area contributed by atoms with Crippen LogP contribution in [0.25, 0.3) is 0 Å². The van der Waals surface area contributed by atoms with Crippen molar-refractivity contribution in [1.82, 2.24) is 10.6 Å². The number of aliphatic hydroxyl groups is 1. The zero-order valence-electron chi connectivity index (χ0n) is 13.9. The SMILES string of the molecule is CCC(NC(=O)NC1CCCCC1CO)c1cccc([N+](=O)[O-])c1. The summed E-state index contributed by atoms with van der Waals surface area (Å²) in [6, 6.07) is 5.72. The number of carbonyl (C=O) groups excluding carboxylic acids is 1. The van der Waals surface area contributed by atoms with Crippen molar-refractivity contribution in [2.24, 2.45) is 5.92 Å². The molecule has 1 aliphatic rings. The number of nitrogens with one attached hydrogen (secondary N) is 2. The molecule has 0 bridgehead atoms. The number of amides is 2. The number of nitro benzene ring substituents is 1. The Kier molecular flexibility index (Phi) is 6.54. The van der Waals surface area contributed by atoms with Gasteiger partial charge in [0.15, 0.2) is 0 Å². The molecular weight excluding hydrogens is 310 g/mol. The van der Waals surface area contributed by atoms with Gasteiger partial charge in [-0.2, -0.15) is 0 Å². The molecule has 0 spiro atoms. The van der Waals surface area contributed by atoms with E-state index in [9.17, 15) is 20.0 Å². The lowest BCUT2D eigenvalue weighted by Gasteiger charge is -2.31. The van der Waals surface area contributed by atoms with Gasteiger partial charge in [0, 0.05) is 30.7 Å². The first-order valence-electron chi connectivity index (χ1n) is 8.47. The van der Waals surface area contributed by atoms with E-state index in [1.54, 1.807) is 12.1 Å². The van der Waals surface area contributed by atoms with E-state index in [1.807, 2.05) is 6.92 Å².